The molecule has 2 heterocycles. The van der Waals surface area contributed by atoms with E-state index in [0.717, 1.165) is 0 Å². The van der Waals surface area contributed by atoms with Crippen LogP contribution in [-0.2, 0) is 11.3 Å². The Morgan fingerprint density at radius 2 is 2.04 bits per heavy atom. The lowest BCUT2D eigenvalue weighted by molar-refractivity contribution is 0.0962. The first-order chi connectivity index (χ1) is 12.4. The summed E-state index contributed by atoms with van der Waals surface area (Å²) in [4.78, 5) is 39.9. The quantitative estimate of drug-likeness (QED) is 0.667. The molecule has 9 nitrogen and oxygen atoms in total. The molecule has 0 unspecified atom stereocenters. The Morgan fingerprint density at radius 1 is 1.31 bits per heavy atom. The molecule has 0 atom stereocenters. The molecule has 0 bridgehead atoms. The van der Waals surface area contributed by atoms with Crippen LogP contribution < -0.4 is 21.8 Å². The highest BCUT2D eigenvalue weighted by Crippen LogP contribution is 2.17. The number of amides is 2. The maximum Gasteiger partial charge on any atom is 0.407 e. The molecule has 0 aromatic carbocycles. The van der Waals surface area contributed by atoms with Crippen molar-refractivity contribution in [1.82, 2.24) is 20.2 Å². The molecule has 0 aliphatic heterocycles. The highest BCUT2D eigenvalue weighted by Gasteiger charge is 2.20. The van der Waals surface area contributed by atoms with Crippen molar-refractivity contribution in [1.29, 1.82) is 0 Å². The Labute approximate surface area is 149 Å². The van der Waals surface area contributed by atoms with Crippen LogP contribution in [0.3, 0.4) is 0 Å². The molecule has 0 saturated heterocycles. The number of aromatic nitrogens is 2. The lowest BCUT2D eigenvalue weighted by Gasteiger charge is -2.14. The number of rotatable bonds is 3. The molecule has 0 aliphatic carbocycles. The number of aryl methyl sites for hydroxylation is 1. The number of hydrogen-bond acceptors (Lipinski definition) is 6. The zero-order chi connectivity index (χ0) is 19.3. The van der Waals surface area contributed by atoms with Gasteiger partial charge in [0.05, 0.1) is 5.39 Å². The zero-order valence-corrected chi connectivity index (χ0v) is 14.7. The minimum absolute atomic E-state index is 0.0462. The van der Waals surface area contributed by atoms with E-state index in [-0.39, 0.29) is 23.4 Å². The van der Waals surface area contributed by atoms with Crippen LogP contribution in [0.25, 0.3) is 11.0 Å². The third kappa shape index (κ3) is 3.59. The number of anilines is 1. The molecule has 0 saturated carbocycles. The summed E-state index contributed by atoms with van der Waals surface area (Å²) in [7, 11) is 2.88. The van der Waals surface area contributed by atoms with E-state index in [0.29, 0.717) is 17.9 Å². The SMILES string of the molecule is CCn1c(N)c(C(=O)NC)c(=O)c2ccc(C#CCOC(=O)NC)nc21. The second-order valence-electron chi connectivity index (χ2n) is 5.11. The summed E-state index contributed by atoms with van der Waals surface area (Å²) in [6.07, 6.45) is -0.583. The number of carbonyl (C=O) groups excluding carboxylic acids is 2. The molecule has 0 spiro atoms. The van der Waals surface area contributed by atoms with Gasteiger partial charge in [0.25, 0.3) is 5.91 Å². The molecule has 2 aromatic heterocycles. The number of hydrogen-bond donors (Lipinski definition) is 3. The van der Waals surface area contributed by atoms with E-state index in [4.69, 9.17) is 10.5 Å². The molecule has 2 amide bonds. The summed E-state index contributed by atoms with van der Waals surface area (Å²) in [5, 5.41) is 4.99. The third-order valence-electron chi connectivity index (χ3n) is 3.62. The van der Waals surface area contributed by atoms with Crippen molar-refractivity contribution >= 4 is 28.9 Å². The summed E-state index contributed by atoms with van der Waals surface area (Å²) >= 11 is 0. The average Bonchev–Trinajstić information content (AvgIpc) is 2.65. The fourth-order valence-corrected chi connectivity index (χ4v) is 2.37. The van der Waals surface area contributed by atoms with Crippen molar-refractivity contribution in [2.75, 3.05) is 26.4 Å². The number of nitrogen functional groups attached to an aromatic ring is 1. The lowest BCUT2D eigenvalue weighted by atomic mass is 10.1. The predicted octanol–water partition coefficient (Wildman–Crippen LogP) is 0.0657. The Morgan fingerprint density at radius 3 is 2.65 bits per heavy atom. The Kier molecular flexibility index (Phi) is 5.80. The summed E-state index contributed by atoms with van der Waals surface area (Å²) in [5.41, 5.74) is 6.14. The van der Waals surface area contributed by atoms with Crippen LogP contribution in [0.2, 0.25) is 0 Å². The van der Waals surface area contributed by atoms with Crippen molar-refractivity contribution in [2.24, 2.45) is 0 Å². The summed E-state index contributed by atoms with van der Waals surface area (Å²) < 4.78 is 6.34. The molecule has 0 radical (unpaired) electrons. The van der Waals surface area contributed by atoms with Gasteiger partial charge < -0.3 is 25.7 Å². The summed E-state index contributed by atoms with van der Waals surface area (Å²) in [5.74, 6) is 4.91. The molecular formula is C17H19N5O4. The van der Waals surface area contributed by atoms with Crippen molar-refractivity contribution in [2.45, 2.75) is 13.5 Å². The minimum atomic E-state index is -0.583. The number of nitrogens with two attached hydrogens (primary N) is 1. The zero-order valence-electron chi connectivity index (χ0n) is 14.7. The highest BCUT2D eigenvalue weighted by molar-refractivity contribution is 6.01. The van der Waals surface area contributed by atoms with E-state index in [1.807, 2.05) is 6.92 Å². The second-order valence-corrected chi connectivity index (χ2v) is 5.11. The van der Waals surface area contributed by atoms with Gasteiger partial charge in [-0.25, -0.2) is 9.78 Å². The van der Waals surface area contributed by atoms with Crippen LogP contribution in [0.15, 0.2) is 16.9 Å². The van der Waals surface area contributed by atoms with Gasteiger partial charge >= 0.3 is 6.09 Å². The molecule has 136 valence electrons. The van der Waals surface area contributed by atoms with Gasteiger partial charge in [0.2, 0.25) is 5.43 Å². The fourth-order valence-electron chi connectivity index (χ4n) is 2.37. The van der Waals surface area contributed by atoms with Crippen LogP contribution in [0.1, 0.15) is 23.0 Å². The Hall–Kier alpha value is -3.54. The Balaban J connectivity index is 2.53. The van der Waals surface area contributed by atoms with E-state index >= 15 is 0 Å². The molecule has 2 rings (SSSR count). The first kappa shape index (κ1) is 18.8. The number of carbonyl (C=O) groups is 2. The molecule has 2 aromatic rings. The summed E-state index contributed by atoms with van der Waals surface area (Å²) in [6.45, 7) is 2.14. The van der Waals surface area contributed by atoms with Crippen LogP contribution in [0.5, 0.6) is 0 Å². The number of nitrogens with one attached hydrogen (secondary N) is 2. The van der Waals surface area contributed by atoms with Gasteiger partial charge in [-0.15, -0.1) is 0 Å². The molecular weight excluding hydrogens is 338 g/mol. The van der Waals surface area contributed by atoms with E-state index in [2.05, 4.69) is 27.5 Å². The number of fused-ring (bicyclic) bond motifs is 1. The van der Waals surface area contributed by atoms with Crippen molar-refractivity contribution in [3.8, 4) is 11.8 Å². The van der Waals surface area contributed by atoms with E-state index in [9.17, 15) is 14.4 Å². The van der Waals surface area contributed by atoms with Gasteiger partial charge in [0, 0.05) is 20.6 Å². The molecule has 9 heteroatoms. The number of ether oxygens (including phenoxy) is 1. The van der Waals surface area contributed by atoms with Gasteiger partial charge in [0.1, 0.15) is 22.7 Å². The van der Waals surface area contributed by atoms with Crippen LogP contribution in [0.4, 0.5) is 10.6 Å². The summed E-state index contributed by atoms with van der Waals surface area (Å²) in [6, 6.07) is 3.10. The van der Waals surface area contributed by atoms with Crippen molar-refractivity contribution in [3.63, 3.8) is 0 Å². The van der Waals surface area contributed by atoms with E-state index < -0.39 is 17.4 Å². The minimum Gasteiger partial charge on any atom is -0.436 e. The van der Waals surface area contributed by atoms with Gasteiger partial charge in [-0.05, 0) is 25.0 Å². The van der Waals surface area contributed by atoms with Gasteiger partial charge in [-0.3, -0.25) is 9.59 Å². The fraction of sp³-hybridized carbons (Fsp3) is 0.294. The topological polar surface area (TPSA) is 128 Å². The standard InChI is InChI=1S/C17H19N5O4/c1-4-22-14(18)12(16(24)19-2)13(23)11-8-7-10(21-15(11)22)6-5-9-26-17(25)20-3/h7-8H,4,9,18H2,1-3H3,(H,19,24)(H,20,25). The first-order valence-electron chi connectivity index (χ1n) is 7.83. The molecule has 0 aliphatic rings. The third-order valence-corrected chi connectivity index (χ3v) is 3.62. The highest BCUT2D eigenvalue weighted by atomic mass is 16.5. The number of pyridine rings is 2. The number of alkyl carbamates (subject to hydrolysis) is 1. The van der Waals surface area contributed by atoms with Crippen LogP contribution >= 0.6 is 0 Å². The largest absolute Gasteiger partial charge is 0.436 e. The van der Waals surface area contributed by atoms with Gasteiger partial charge in [-0.2, -0.15) is 0 Å². The Bertz CT molecular complexity index is 985. The molecule has 4 N–H and O–H groups in total. The van der Waals surface area contributed by atoms with E-state index in [1.54, 1.807) is 16.7 Å². The maximum absolute atomic E-state index is 12.6. The number of nitrogens with zero attached hydrogens (tertiary/aromatic N) is 2. The molecule has 26 heavy (non-hydrogen) atoms. The molecule has 0 fully saturated rings. The van der Waals surface area contributed by atoms with Crippen LogP contribution in [0, 0.1) is 11.8 Å². The first-order valence-corrected chi connectivity index (χ1v) is 7.83. The van der Waals surface area contributed by atoms with E-state index in [1.165, 1.54) is 14.1 Å². The van der Waals surface area contributed by atoms with Crippen molar-refractivity contribution in [3.05, 3.63) is 33.6 Å². The smallest absolute Gasteiger partial charge is 0.407 e. The normalized spacial score (nSPS) is 9.96. The van der Waals surface area contributed by atoms with Crippen LogP contribution in [-0.4, -0.2) is 42.3 Å². The average molecular weight is 357 g/mol. The monoisotopic (exact) mass is 357 g/mol. The van der Waals surface area contributed by atoms with Gasteiger partial charge in [0.15, 0.2) is 6.61 Å². The van der Waals surface area contributed by atoms with Crippen molar-refractivity contribution < 1.29 is 14.3 Å². The second kappa shape index (κ2) is 8.02. The maximum atomic E-state index is 12.6. The van der Waals surface area contributed by atoms with Gasteiger partial charge in [-0.1, -0.05) is 5.92 Å². The predicted molar refractivity (Wildman–Crippen MR) is 96.8 cm³/mol. The lowest BCUT2D eigenvalue weighted by Crippen LogP contribution is -2.30.